The summed E-state index contributed by atoms with van der Waals surface area (Å²) in [5, 5.41) is 12.6. The van der Waals surface area contributed by atoms with Crippen LogP contribution in [-0.4, -0.2) is 17.0 Å². The summed E-state index contributed by atoms with van der Waals surface area (Å²) in [6, 6.07) is 7.21. The standard InChI is InChI=1S/C12H18ClNO/c1-2-3-11(13)9-14-8-10-4-6-12(15)7-5-10/h4-7,11,14-15H,2-3,8-9H2,1H3. The zero-order valence-corrected chi connectivity index (χ0v) is 9.80. The molecule has 0 bridgehead atoms. The minimum Gasteiger partial charge on any atom is -0.508 e. The summed E-state index contributed by atoms with van der Waals surface area (Å²) >= 11 is 6.07. The molecule has 0 heterocycles. The number of nitrogens with one attached hydrogen (secondary N) is 1. The van der Waals surface area contributed by atoms with Crippen molar-refractivity contribution in [2.75, 3.05) is 6.54 Å². The van der Waals surface area contributed by atoms with Crippen LogP contribution in [-0.2, 0) is 6.54 Å². The molecule has 0 saturated heterocycles. The van der Waals surface area contributed by atoms with Gasteiger partial charge in [-0.15, -0.1) is 11.6 Å². The van der Waals surface area contributed by atoms with E-state index in [1.807, 2.05) is 12.1 Å². The number of rotatable bonds is 6. The highest BCUT2D eigenvalue weighted by molar-refractivity contribution is 6.20. The van der Waals surface area contributed by atoms with Crippen LogP contribution in [0.2, 0.25) is 0 Å². The van der Waals surface area contributed by atoms with Crippen LogP contribution < -0.4 is 5.32 Å². The molecule has 3 heteroatoms. The van der Waals surface area contributed by atoms with Gasteiger partial charge in [0.15, 0.2) is 0 Å². The molecule has 0 radical (unpaired) electrons. The minimum atomic E-state index is 0.215. The van der Waals surface area contributed by atoms with Gasteiger partial charge in [0.2, 0.25) is 0 Å². The summed E-state index contributed by atoms with van der Waals surface area (Å²) in [7, 11) is 0. The average Bonchev–Trinajstić information content (AvgIpc) is 2.21. The van der Waals surface area contributed by atoms with Gasteiger partial charge in [0, 0.05) is 18.5 Å². The van der Waals surface area contributed by atoms with Gasteiger partial charge in [-0.25, -0.2) is 0 Å². The van der Waals surface area contributed by atoms with Crippen LogP contribution in [0.5, 0.6) is 5.75 Å². The first-order chi connectivity index (χ1) is 7.22. The second-order valence-electron chi connectivity index (χ2n) is 3.68. The zero-order chi connectivity index (χ0) is 11.1. The maximum absolute atomic E-state index is 9.10. The fourth-order valence-corrected chi connectivity index (χ4v) is 1.73. The van der Waals surface area contributed by atoms with E-state index in [1.165, 1.54) is 0 Å². The fourth-order valence-electron chi connectivity index (χ4n) is 1.40. The number of hydrogen-bond acceptors (Lipinski definition) is 2. The fraction of sp³-hybridized carbons (Fsp3) is 0.500. The van der Waals surface area contributed by atoms with Gasteiger partial charge in [-0.1, -0.05) is 25.5 Å². The first kappa shape index (κ1) is 12.3. The molecule has 0 aromatic heterocycles. The zero-order valence-electron chi connectivity index (χ0n) is 9.04. The van der Waals surface area contributed by atoms with Crippen molar-refractivity contribution in [3.05, 3.63) is 29.8 Å². The molecule has 0 amide bonds. The molecule has 1 aromatic carbocycles. The Morgan fingerprint density at radius 2 is 2.00 bits per heavy atom. The minimum absolute atomic E-state index is 0.215. The highest BCUT2D eigenvalue weighted by Crippen LogP contribution is 2.09. The highest BCUT2D eigenvalue weighted by atomic mass is 35.5. The smallest absolute Gasteiger partial charge is 0.115 e. The van der Waals surface area contributed by atoms with Crippen molar-refractivity contribution >= 4 is 11.6 Å². The number of alkyl halides is 1. The van der Waals surface area contributed by atoms with Gasteiger partial charge in [-0.05, 0) is 24.1 Å². The van der Waals surface area contributed by atoms with E-state index in [1.54, 1.807) is 12.1 Å². The number of hydrogen-bond donors (Lipinski definition) is 2. The van der Waals surface area contributed by atoms with E-state index < -0.39 is 0 Å². The van der Waals surface area contributed by atoms with Crippen molar-refractivity contribution in [2.45, 2.75) is 31.7 Å². The molecule has 0 spiro atoms. The highest BCUT2D eigenvalue weighted by Gasteiger charge is 2.01. The molecule has 0 saturated carbocycles. The summed E-state index contributed by atoms with van der Waals surface area (Å²) < 4.78 is 0. The van der Waals surface area contributed by atoms with E-state index in [0.717, 1.165) is 31.5 Å². The van der Waals surface area contributed by atoms with Crippen molar-refractivity contribution in [3.63, 3.8) is 0 Å². The van der Waals surface area contributed by atoms with Crippen molar-refractivity contribution in [2.24, 2.45) is 0 Å². The largest absolute Gasteiger partial charge is 0.508 e. The quantitative estimate of drug-likeness (QED) is 0.733. The Hall–Kier alpha value is -0.730. The Balaban J connectivity index is 2.22. The SMILES string of the molecule is CCCC(Cl)CNCc1ccc(O)cc1. The molecule has 0 aliphatic rings. The number of halogens is 1. The molecule has 2 nitrogen and oxygen atoms in total. The molecule has 0 fully saturated rings. The molecule has 2 N–H and O–H groups in total. The maximum atomic E-state index is 9.10. The van der Waals surface area contributed by atoms with Gasteiger partial charge < -0.3 is 10.4 Å². The molecule has 0 aliphatic carbocycles. The number of phenols is 1. The summed E-state index contributed by atoms with van der Waals surface area (Å²) in [5.74, 6) is 0.306. The summed E-state index contributed by atoms with van der Waals surface area (Å²) in [6.07, 6.45) is 2.17. The maximum Gasteiger partial charge on any atom is 0.115 e. The van der Waals surface area contributed by atoms with Gasteiger partial charge in [0.25, 0.3) is 0 Å². The van der Waals surface area contributed by atoms with Crippen LogP contribution >= 0.6 is 11.6 Å². The predicted octanol–water partition coefficient (Wildman–Crippen LogP) is 2.89. The average molecular weight is 228 g/mol. The monoisotopic (exact) mass is 227 g/mol. The van der Waals surface area contributed by atoms with E-state index in [9.17, 15) is 0 Å². The van der Waals surface area contributed by atoms with Crippen molar-refractivity contribution in [3.8, 4) is 5.75 Å². The van der Waals surface area contributed by atoms with Crippen LogP contribution in [0.25, 0.3) is 0 Å². The Morgan fingerprint density at radius 3 is 2.60 bits per heavy atom. The number of aromatic hydroxyl groups is 1. The van der Waals surface area contributed by atoms with Crippen molar-refractivity contribution < 1.29 is 5.11 Å². The Kier molecular flexibility index (Phi) is 5.51. The first-order valence-electron chi connectivity index (χ1n) is 5.35. The van der Waals surface area contributed by atoms with E-state index in [0.29, 0.717) is 5.75 Å². The second kappa shape index (κ2) is 6.70. The van der Waals surface area contributed by atoms with Gasteiger partial charge in [0.1, 0.15) is 5.75 Å². The van der Waals surface area contributed by atoms with Crippen LogP contribution in [0.15, 0.2) is 24.3 Å². The van der Waals surface area contributed by atoms with E-state index >= 15 is 0 Å². The van der Waals surface area contributed by atoms with Gasteiger partial charge in [-0.3, -0.25) is 0 Å². The Labute approximate surface area is 96.3 Å². The molecule has 1 atom stereocenters. The third-order valence-electron chi connectivity index (χ3n) is 2.23. The van der Waals surface area contributed by atoms with E-state index in [-0.39, 0.29) is 5.38 Å². The van der Waals surface area contributed by atoms with E-state index in [2.05, 4.69) is 12.2 Å². The second-order valence-corrected chi connectivity index (χ2v) is 4.30. The molecule has 1 rings (SSSR count). The third-order valence-corrected chi connectivity index (χ3v) is 2.61. The van der Waals surface area contributed by atoms with Gasteiger partial charge >= 0.3 is 0 Å². The first-order valence-corrected chi connectivity index (χ1v) is 5.78. The molecule has 0 aliphatic heterocycles. The molecular weight excluding hydrogens is 210 g/mol. The summed E-state index contributed by atoms with van der Waals surface area (Å²) in [6.45, 7) is 3.76. The topological polar surface area (TPSA) is 32.3 Å². The predicted molar refractivity (Wildman–Crippen MR) is 64.4 cm³/mol. The van der Waals surface area contributed by atoms with Crippen LogP contribution in [0.4, 0.5) is 0 Å². The molecule has 84 valence electrons. The van der Waals surface area contributed by atoms with Gasteiger partial charge in [0.05, 0.1) is 0 Å². The van der Waals surface area contributed by atoms with Crippen molar-refractivity contribution in [1.29, 1.82) is 0 Å². The lowest BCUT2D eigenvalue weighted by Crippen LogP contribution is -2.22. The molecular formula is C12H18ClNO. The molecule has 1 aromatic rings. The Bertz CT molecular complexity index is 273. The van der Waals surface area contributed by atoms with Crippen molar-refractivity contribution in [1.82, 2.24) is 5.32 Å². The van der Waals surface area contributed by atoms with Crippen LogP contribution in [0, 0.1) is 0 Å². The Morgan fingerprint density at radius 1 is 1.33 bits per heavy atom. The van der Waals surface area contributed by atoms with E-state index in [4.69, 9.17) is 16.7 Å². The number of phenolic OH excluding ortho intramolecular Hbond substituents is 1. The lowest BCUT2D eigenvalue weighted by molar-refractivity contribution is 0.475. The summed E-state index contributed by atoms with van der Waals surface area (Å²) in [5.41, 5.74) is 1.16. The molecule has 1 unspecified atom stereocenters. The van der Waals surface area contributed by atoms with Crippen LogP contribution in [0.1, 0.15) is 25.3 Å². The lowest BCUT2D eigenvalue weighted by atomic mass is 10.2. The third kappa shape index (κ3) is 5.05. The normalized spacial score (nSPS) is 12.7. The lowest BCUT2D eigenvalue weighted by Gasteiger charge is -2.09. The van der Waals surface area contributed by atoms with Crippen LogP contribution in [0.3, 0.4) is 0 Å². The number of benzene rings is 1. The molecule has 15 heavy (non-hydrogen) atoms. The van der Waals surface area contributed by atoms with Gasteiger partial charge in [-0.2, -0.15) is 0 Å². The summed E-state index contributed by atoms with van der Waals surface area (Å²) in [4.78, 5) is 0.